The van der Waals surface area contributed by atoms with Crippen LogP contribution in [-0.4, -0.2) is 120 Å². The van der Waals surface area contributed by atoms with Crippen molar-refractivity contribution in [1.82, 2.24) is 26.6 Å². The second-order valence-corrected chi connectivity index (χ2v) is 15.0. The van der Waals surface area contributed by atoms with E-state index < -0.39 is 77.7 Å². The van der Waals surface area contributed by atoms with Crippen LogP contribution in [-0.2, 0) is 28.8 Å². The molecule has 0 bridgehead atoms. The molecule has 0 saturated carbocycles. The molecule has 0 unspecified atom stereocenters. The number of aliphatic imine (C=N–C) groups is 2. The van der Waals surface area contributed by atoms with Crippen LogP contribution in [0.25, 0.3) is 0 Å². The number of nitrogens with two attached hydrogens (primary N) is 6. The van der Waals surface area contributed by atoms with Crippen LogP contribution in [0, 0.1) is 11.8 Å². The highest BCUT2D eigenvalue weighted by molar-refractivity contribution is 7.98. The van der Waals surface area contributed by atoms with Crippen molar-refractivity contribution >= 4 is 59.2 Å². The fourth-order valence-corrected chi connectivity index (χ4v) is 5.76. The molecule has 0 aromatic heterocycles. The quantitative estimate of drug-likeness (QED) is 0.0212. The van der Waals surface area contributed by atoms with E-state index in [2.05, 4.69) is 36.6 Å². The minimum absolute atomic E-state index is 0.0227. The number of carboxylic acid groups (broad SMARTS) is 1. The zero-order chi connectivity index (χ0) is 42.1. The number of hydrogen-bond donors (Lipinski definition) is 12. The third kappa shape index (κ3) is 22.6. The van der Waals surface area contributed by atoms with Gasteiger partial charge in [-0.2, -0.15) is 11.8 Å². The van der Waals surface area contributed by atoms with E-state index in [0.717, 1.165) is 0 Å². The Bertz CT molecular complexity index is 1280. The molecule has 0 rings (SSSR count). The normalized spacial score (nSPS) is 14.3. The van der Waals surface area contributed by atoms with Crippen LogP contribution >= 0.6 is 11.8 Å². The van der Waals surface area contributed by atoms with Crippen LogP contribution in [0.2, 0.25) is 0 Å². The summed E-state index contributed by atoms with van der Waals surface area (Å²) >= 11 is 1.47. The summed E-state index contributed by atoms with van der Waals surface area (Å²) in [6.07, 6.45) is 4.28. The molecule has 55 heavy (non-hydrogen) atoms. The van der Waals surface area contributed by atoms with Crippen molar-refractivity contribution in [2.24, 2.45) is 56.2 Å². The first kappa shape index (κ1) is 50.6. The highest BCUT2D eigenvalue weighted by Crippen LogP contribution is 2.11. The SMILES string of the molecule is CSCC[C@H](NC(=O)[C@@H](N)CC(C)C)C(=O)N[C@@H](CCCN=C(N)N)C(=O)N[C@H](C(=O)N[C@@H](CCCCN)C(=O)N[C@@H](CCCN=C(N)N)C(=O)O)C(C)C. The minimum Gasteiger partial charge on any atom is -0.480 e. The summed E-state index contributed by atoms with van der Waals surface area (Å²) in [5.41, 5.74) is 33.3. The standard InChI is InChI=1S/C34H67N13O7S/c1-19(2)18-21(36)27(48)43-24(13-17-55-5)29(50)44-23(11-8-15-41-33(37)38)30(51)47-26(20(3)4)31(52)45-22(10-6-7-14-35)28(49)46-25(32(53)54)12-9-16-42-34(39)40/h19-26H,6-18,35-36H2,1-5H3,(H,43,48)(H,44,50)(H,45,52)(H,46,49)(H,47,51)(H,53,54)(H4,37,38,41)(H4,39,40,42)/t21-,22-,23-,24-,25-,26-/m0/s1. The molecule has 316 valence electrons. The van der Waals surface area contributed by atoms with E-state index in [9.17, 15) is 33.9 Å². The molecule has 0 heterocycles. The van der Waals surface area contributed by atoms with Gasteiger partial charge in [0, 0.05) is 13.1 Å². The lowest BCUT2D eigenvalue weighted by Crippen LogP contribution is -2.60. The predicted molar refractivity (Wildman–Crippen MR) is 215 cm³/mol. The Morgan fingerprint density at radius 2 is 1.05 bits per heavy atom. The van der Waals surface area contributed by atoms with Gasteiger partial charge in [-0.1, -0.05) is 27.7 Å². The number of carboxylic acids is 1. The third-order valence-electron chi connectivity index (χ3n) is 8.27. The predicted octanol–water partition coefficient (Wildman–Crippen LogP) is -2.49. The zero-order valence-electron chi connectivity index (χ0n) is 33.0. The molecule has 0 aliphatic rings. The number of nitrogens with zero attached hydrogens (tertiary/aromatic N) is 2. The van der Waals surface area contributed by atoms with E-state index in [0.29, 0.717) is 31.6 Å². The van der Waals surface area contributed by atoms with Crippen LogP contribution in [0.15, 0.2) is 9.98 Å². The molecule has 0 spiro atoms. The largest absolute Gasteiger partial charge is 0.480 e. The second kappa shape index (κ2) is 28.1. The first-order valence-electron chi connectivity index (χ1n) is 18.6. The maximum atomic E-state index is 13.8. The van der Waals surface area contributed by atoms with E-state index in [1.807, 2.05) is 20.1 Å². The molecule has 0 radical (unpaired) electrons. The molecule has 20 nitrogen and oxygen atoms in total. The van der Waals surface area contributed by atoms with E-state index in [1.165, 1.54) is 11.8 Å². The number of thioether (sulfide) groups is 1. The summed E-state index contributed by atoms with van der Waals surface area (Å²) in [7, 11) is 0. The lowest BCUT2D eigenvalue weighted by Gasteiger charge is -2.28. The first-order chi connectivity index (χ1) is 25.8. The lowest BCUT2D eigenvalue weighted by atomic mass is 10.00. The first-order valence-corrected chi connectivity index (χ1v) is 20.0. The van der Waals surface area contributed by atoms with E-state index >= 15 is 0 Å². The number of carbonyl (C=O) groups is 6. The Labute approximate surface area is 328 Å². The molecule has 0 aromatic rings. The monoisotopic (exact) mass is 802 g/mol. The van der Waals surface area contributed by atoms with Gasteiger partial charge in [0.15, 0.2) is 11.9 Å². The van der Waals surface area contributed by atoms with E-state index in [-0.39, 0.29) is 69.5 Å². The molecule has 0 fully saturated rings. The Kier molecular flexibility index (Phi) is 25.9. The van der Waals surface area contributed by atoms with E-state index in [1.54, 1.807) is 13.8 Å². The highest BCUT2D eigenvalue weighted by Gasteiger charge is 2.34. The van der Waals surface area contributed by atoms with Crippen LogP contribution < -0.4 is 61.0 Å². The van der Waals surface area contributed by atoms with Crippen molar-refractivity contribution in [1.29, 1.82) is 0 Å². The summed E-state index contributed by atoms with van der Waals surface area (Å²) in [6.45, 7) is 7.86. The van der Waals surface area contributed by atoms with Gasteiger partial charge in [-0.15, -0.1) is 0 Å². The molecule has 0 aromatic carbocycles. The third-order valence-corrected chi connectivity index (χ3v) is 8.91. The van der Waals surface area contributed by atoms with Gasteiger partial charge < -0.3 is 66.1 Å². The Balaban J connectivity index is 6.22. The van der Waals surface area contributed by atoms with Crippen molar-refractivity contribution in [3.63, 3.8) is 0 Å². The molecule has 0 saturated heterocycles. The lowest BCUT2D eigenvalue weighted by molar-refractivity contribution is -0.142. The fraction of sp³-hybridized carbons (Fsp3) is 0.765. The number of hydrogen-bond acceptors (Lipinski definition) is 11. The van der Waals surface area contributed by atoms with Gasteiger partial charge in [0.1, 0.15) is 30.2 Å². The summed E-state index contributed by atoms with van der Waals surface area (Å²) in [6, 6.07) is -6.62. The van der Waals surface area contributed by atoms with Crippen LogP contribution in [0.3, 0.4) is 0 Å². The maximum Gasteiger partial charge on any atom is 0.326 e. The maximum absolute atomic E-state index is 13.8. The number of amides is 5. The van der Waals surface area contributed by atoms with Crippen molar-refractivity contribution < 1.29 is 33.9 Å². The summed E-state index contributed by atoms with van der Waals surface area (Å²) in [5.74, 6) is -4.64. The molecule has 5 amide bonds. The van der Waals surface area contributed by atoms with Crippen LogP contribution in [0.1, 0.15) is 85.5 Å². The Hall–Kier alpha value is -4.37. The summed E-state index contributed by atoms with van der Waals surface area (Å²) < 4.78 is 0. The van der Waals surface area contributed by atoms with Gasteiger partial charge in [-0.3, -0.25) is 34.0 Å². The Morgan fingerprint density at radius 1 is 0.618 bits per heavy atom. The molecular weight excluding hydrogens is 735 g/mol. The van der Waals surface area contributed by atoms with Crippen molar-refractivity contribution in [3.05, 3.63) is 0 Å². The average Bonchev–Trinajstić information content (AvgIpc) is 3.09. The number of rotatable bonds is 29. The fourth-order valence-electron chi connectivity index (χ4n) is 5.29. The minimum atomic E-state index is -1.28. The van der Waals surface area contributed by atoms with Gasteiger partial charge in [-0.25, -0.2) is 4.79 Å². The van der Waals surface area contributed by atoms with Gasteiger partial charge in [0.2, 0.25) is 29.5 Å². The topological polar surface area (TPSA) is 364 Å². The summed E-state index contributed by atoms with van der Waals surface area (Å²) in [4.78, 5) is 87.2. The smallest absolute Gasteiger partial charge is 0.326 e. The van der Waals surface area contributed by atoms with Gasteiger partial charge in [0.05, 0.1) is 6.04 Å². The number of nitrogens with one attached hydrogen (secondary N) is 5. The molecule has 6 atom stereocenters. The number of aliphatic carboxylic acids is 1. The van der Waals surface area contributed by atoms with Gasteiger partial charge >= 0.3 is 5.97 Å². The zero-order valence-corrected chi connectivity index (χ0v) is 33.8. The molecule has 21 heteroatoms. The molecule has 0 aliphatic carbocycles. The highest BCUT2D eigenvalue weighted by atomic mass is 32.2. The van der Waals surface area contributed by atoms with Crippen molar-refractivity contribution in [2.45, 2.75) is 122 Å². The number of guanidine groups is 2. The number of carbonyl (C=O) groups excluding carboxylic acids is 5. The Morgan fingerprint density at radius 3 is 1.51 bits per heavy atom. The van der Waals surface area contributed by atoms with Gasteiger partial charge in [-0.05, 0) is 88.2 Å². The molecule has 0 aliphatic heterocycles. The van der Waals surface area contributed by atoms with Crippen LogP contribution in [0.5, 0.6) is 0 Å². The van der Waals surface area contributed by atoms with Crippen molar-refractivity contribution in [3.8, 4) is 0 Å². The molecule has 18 N–H and O–H groups in total. The number of unbranched alkanes of at least 4 members (excludes halogenated alkanes) is 1. The van der Waals surface area contributed by atoms with E-state index in [4.69, 9.17) is 34.4 Å². The second-order valence-electron chi connectivity index (χ2n) is 14.0. The average molecular weight is 802 g/mol. The van der Waals surface area contributed by atoms with Gasteiger partial charge in [0.25, 0.3) is 0 Å². The summed E-state index contributed by atoms with van der Waals surface area (Å²) in [5, 5.41) is 23.0. The molecular formula is C34H67N13O7S. The van der Waals surface area contributed by atoms with Crippen molar-refractivity contribution in [2.75, 3.05) is 31.6 Å². The van der Waals surface area contributed by atoms with Crippen LogP contribution in [0.4, 0.5) is 0 Å².